The number of fused-ring (bicyclic) bond motifs is 1. The molecule has 0 fully saturated rings. The van der Waals surface area contributed by atoms with Gasteiger partial charge in [-0.2, -0.15) is 0 Å². The Bertz CT molecular complexity index is 473. The lowest BCUT2D eigenvalue weighted by atomic mass is 9.95. The molecule has 2 rings (SSSR count). The third-order valence-electron chi connectivity index (χ3n) is 1.64. The fraction of sp³-hybridized carbons (Fsp3) is 0. The monoisotopic (exact) mass is 208 g/mol. The van der Waals surface area contributed by atoms with Gasteiger partial charge >= 0.3 is 0 Å². The average Bonchev–Trinajstić information content (AvgIpc) is 2.09. The first kappa shape index (κ1) is 8.79. The molecule has 5 heteroatoms. The molecule has 0 N–H and O–H groups in total. The van der Waals surface area contributed by atoms with Crippen molar-refractivity contribution < 1.29 is 0 Å². The van der Waals surface area contributed by atoms with Gasteiger partial charge in [-0.15, -0.1) is 0 Å². The molecule has 0 aliphatic heterocycles. The zero-order valence-corrected chi connectivity index (χ0v) is 7.97. The van der Waals surface area contributed by atoms with Gasteiger partial charge in [-0.25, -0.2) is 9.97 Å². The van der Waals surface area contributed by atoms with E-state index in [-0.39, 0.29) is 10.3 Å². The number of hydrogen-bond acceptors (Lipinski definition) is 2. The van der Waals surface area contributed by atoms with E-state index in [1.165, 1.54) is 0 Å². The molecular weight excluding hydrogens is 206 g/mol. The van der Waals surface area contributed by atoms with Crippen LogP contribution in [0.5, 0.6) is 0 Å². The molecule has 1 aromatic heterocycles. The SMILES string of the molecule is [B]c1cccc2nc(Cl)c(Cl)nc12. The third kappa shape index (κ3) is 1.49. The first-order chi connectivity index (χ1) is 6.18. The zero-order chi connectivity index (χ0) is 9.42. The van der Waals surface area contributed by atoms with Crippen molar-refractivity contribution in [1.29, 1.82) is 0 Å². The van der Waals surface area contributed by atoms with Crippen LogP contribution in [0, 0.1) is 0 Å². The predicted octanol–water partition coefficient (Wildman–Crippen LogP) is 1.73. The summed E-state index contributed by atoms with van der Waals surface area (Å²) in [6.45, 7) is 0. The standard InChI is InChI=1S/C8H3BCl2N2/c9-4-2-1-3-5-6(4)13-8(11)7(10)12-5/h1-3H. The molecule has 0 spiro atoms. The molecule has 0 aliphatic rings. The summed E-state index contributed by atoms with van der Waals surface area (Å²) in [4.78, 5) is 8.05. The largest absolute Gasteiger partial charge is 0.232 e. The Hall–Kier alpha value is -0.795. The van der Waals surface area contributed by atoms with Gasteiger partial charge in [0.1, 0.15) is 7.85 Å². The molecule has 0 unspecified atom stereocenters. The number of hydrogen-bond donors (Lipinski definition) is 0. The van der Waals surface area contributed by atoms with Crippen LogP contribution in [0.2, 0.25) is 10.3 Å². The molecule has 2 radical (unpaired) electrons. The van der Waals surface area contributed by atoms with Gasteiger partial charge in [0.05, 0.1) is 11.0 Å². The second kappa shape index (κ2) is 3.16. The van der Waals surface area contributed by atoms with Crippen molar-refractivity contribution in [2.75, 3.05) is 0 Å². The Kier molecular flexibility index (Phi) is 2.14. The molecule has 2 aromatic rings. The van der Waals surface area contributed by atoms with E-state index < -0.39 is 0 Å². The highest BCUT2D eigenvalue weighted by Crippen LogP contribution is 2.19. The lowest BCUT2D eigenvalue weighted by Crippen LogP contribution is -2.05. The first-order valence-electron chi connectivity index (χ1n) is 3.56. The Morgan fingerprint density at radius 2 is 1.77 bits per heavy atom. The molecule has 1 aromatic carbocycles. The van der Waals surface area contributed by atoms with Gasteiger partial charge in [-0.1, -0.05) is 40.8 Å². The summed E-state index contributed by atoms with van der Waals surface area (Å²) in [7, 11) is 5.67. The molecule has 0 aliphatic carbocycles. The van der Waals surface area contributed by atoms with Crippen LogP contribution in [0.3, 0.4) is 0 Å². The summed E-state index contributed by atoms with van der Waals surface area (Å²) >= 11 is 11.4. The van der Waals surface area contributed by atoms with E-state index in [4.69, 9.17) is 31.0 Å². The molecule has 0 saturated carbocycles. The van der Waals surface area contributed by atoms with E-state index in [0.29, 0.717) is 16.5 Å². The maximum atomic E-state index is 5.70. The van der Waals surface area contributed by atoms with Crippen molar-refractivity contribution in [2.24, 2.45) is 0 Å². The van der Waals surface area contributed by atoms with Crippen molar-refractivity contribution in [2.45, 2.75) is 0 Å². The minimum Gasteiger partial charge on any atom is -0.232 e. The van der Waals surface area contributed by atoms with Crippen LogP contribution >= 0.6 is 23.2 Å². The van der Waals surface area contributed by atoms with Crippen LogP contribution in [0.25, 0.3) is 11.0 Å². The van der Waals surface area contributed by atoms with E-state index >= 15 is 0 Å². The van der Waals surface area contributed by atoms with Gasteiger partial charge in [-0.3, -0.25) is 0 Å². The fourth-order valence-electron chi connectivity index (χ4n) is 1.06. The van der Waals surface area contributed by atoms with Crippen molar-refractivity contribution in [3.8, 4) is 0 Å². The molecule has 0 bridgehead atoms. The predicted molar refractivity (Wildman–Crippen MR) is 54.9 cm³/mol. The van der Waals surface area contributed by atoms with Crippen molar-refractivity contribution in [3.05, 3.63) is 28.5 Å². The van der Waals surface area contributed by atoms with Crippen molar-refractivity contribution >= 4 is 47.5 Å². The molecule has 0 amide bonds. The van der Waals surface area contributed by atoms with E-state index in [1.807, 2.05) is 0 Å². The number of halogens is 2. The second-order valence-electron chi connectivity index (χ2n) is 2.52. The summed E-state index contributed by atoms with van der Waals surface area (Å²) in [5.41, 5.74) is 1.77. The Balaban J connectivity index is 2.89. The minimum absolute atomic E-state index is 0.173. The highest BCUT2D eigenvalue weighted by molar-refractivity contribution is 6.42. The Morgan fingerprint density at radius 1 is 1.08 bits per heavy atom. The number of para-hydroxylation sites is 1. The van der Waals surface area contributed by atoms with E-state index in [9.17, 15) is 0 Å². The fourth-order valence-corrected chi connectivity index (χ4v) is 1.32. The molecule has 0 atom stereocenters. The Labute approximate surface area is 86.3 Å². The van der Waals surface area contributed by atoms with Crippen LogP contribution in [0.4, 0.5) is 0 Å². The minimum atomic E-state index is 0.173. The van der Waals surface area contributed by atoms with E-state index in [1.54, 1.807) is 18.2 Å². The van der Waals surface area contributed by atoms with Gasteiger partial charge in [0.25, 0.3) is 0 Å². The van der Waals surface area contributed by atoms with Gasteiger partial charge < -0.3 is 0 Å². The van der Waals surface area contributed by atoms with Gasteiger partial charge in [0.2, 0.25) is 0 Å². The van der Waals surface area contributed by atoms with Crippen LogP contribution in [-0.2, 0) is 0 Å². The lowest BCUT2D eigenvalue weighted by molar-refractivity contribution is 1.30. The summed E-state index contributed by atoms with van der Waals surface area (Å²) < 4.78 is 0. The number of benzene rings is 1. The molecule has 1 heterocycles. The number of aromatic nitrogens is 2. The summed E-state index contributed by atoms with van der Waals surface area (Å²) in [5, 5.41) is 0.367. The average molecular weight is 209 g/mol. The molecule has 2 nitrogen and oxygen atoms in total. The highest BCUT2D eigenvalue weighted by atomic mass is 35.5. The van der Waals surface area contributed by atoms with Crippen LogP contribution < -0.4 is 5.46 Å². The number of nitrogens with zero attached hydrogens (tertiary/aromatic N) is 2. The van der Waals surface area contributed by atoms with E-state index in [2.05, 4.69) is 9.97 Å². The smallest absolute Gasteiger partial charge is 0.167 e. The van der Waals surface area contributed by atoms with Crippen LogP contribution in [0.15, 0.2) is 18.2 Å². The quantitative estimate of drug-likeness (QED) is 0.617. The van der Waals surface area contributed by atoms with Crippen LogP contribution in [-0.4, -0.2) is 17.8 Å². The Morgan fingerprint density at radius 3 is 2.54 bits per heavy atom. The second-order valence-corrected chi connectivity index (χ2v) is 3.24. The summed E-state index contributed by atoms with van der Waals surface area (Å²) in [5.74, 6) is 0. The normalized spacial score (nSPS) is 10.6. The van der Waals surface area contributed by atoms with Gasteiger partial charge in [0, 0.05) is 0 Å². The third-order valence-corrected chi connectivity index (χ3v) is 2.27. The molecule has 62 valence electrons. The van der Waals surface area contributed by atoms with Crippen molar-refractivity contribution in [3.63, 3.8) is 0 Å². The van der Waals surface area contributed by atoms with Gasteiger partial charge in [-0.05, 0) is 6.07 Å². The van der Waals surface area contributed by atoms with Crippen LogP contribution in [0.1, 0.15) is 0 Å². The molecule has 13 heavy (non-hydrogen) atoms. The topological polar surface area (TPSA) is 25.8 Å². The first-order valence-corrected chi connectivity index (χ1v) is 4.31. The van der Waals surface area contributed by atoms with Gasteiger partial charge in [0.15, 0.2) is 10.3 Å². The number of rotatable bonds is 0. The summed E-state index contributed by atoms with van der Waals surface area (Å²) in [6.07, 6.45) is 0. The van der Waals surface area contributed by atoms with E-state index in [0.717, 1.165) is 0 Å². The summed E-state index contributed by atoms with van der Waals surface area (Å²) in [6, 6.07) is 5.30. The van der Waals surface area contributed by atoms with Crippen molar-refractivity contribution in [1.82, 2.24) is 9.97 Å². The maximum absolute atomic E-state index is 5.70. The molecule has 0 saturated heterocycles. The molecular formula is C8H3BCl2N2. The maximum Gasteiger partial charge on any atom is 0.167 e. The lowest BCUT2D eigenvalue weighted by Gasteiger charge is -2.01. The highest BCUT2D eigenvalue weighted by Gasteiger charge is 2.04. The zero-order valence-electron chi connectivity index (χ0n) is 6.46.